The molecule has 3 aromatic heterocycles. The van der Waals surface area contributed by atoms with Gasteiger partial charge in [-0.05, 0) is 31.2 Å². The first-order valence-electron chi connectivity index (χ1n) is 12.3. The monoisotopic (exact) mass is 509 g/mol. The van der Waals surface area contributed by atoms with Crippen molar-refractivity contribution in [3.63, 3.8) is 0 Å². The minimum atomic E-state index is -1.05. The van der Waals surface area contributed by atoms with Crippen LogP contribution in [0.2, 0.25) is 0 Å². The first-order valence-corrected chi connectivity index (χ1v) is 13.2. The highest BCUT2D eigenvalue weighted by atomic mass is 32.2. The van der Waals surface area contributed by atoms with Gasteiger partial charge in [0.2, 0.25) is 0 Å². The molecule has 0 amide bonds. The van der Waals surface area contributed by atoms with Gasteiger partial charge in [-0.3, -0.25) is 0 Å². The summed E-state index contributed by atoms with van der Waals surface area (Å²) in [6.45, 7) is 6.74. The molecule has 12 heteroatoms. The van der Waals surface area contributed by atoms with Crippen molar-refractivity contribution in [3.05, 3.63) is 47.5 Å². The van der Waals surface area contributed by atoms with Crippen molar-refractivity contribution in [3.8, 4) is 0 Å². The summed E-state index contributed by atoms with van der Waals surface area (Å²) < 4.78 is 1.62. The summed E-state index contributed by atoms with van der Waals surface area (Å²) in [5.74, 6) is 2.57. The fraction of sp³-hybridized carbons (Fsp3) is 0.500. The van der Waals surface area contributed by atoms with Crippen molar-refractivity contribution < 1.29 is 10.2 Å². The number of H-pyrrole nitrogens is 1. The number of aromatic nitrogens is 8. The molecule has 0 radical (unpaired) electrons. The molecule has 4 N–H and O–H groups in total. The summed E-state index contributed by atoms with van der Waals surface area (Å²) in [6.07, 6.45) is -0.656. The van der Waals surface area contributed by atoms with Gasteiger partial charge in [0.1, 0.15) is 17.8 Å². The molecular weight excluding hydrogens is 478 g/mol. The Kier molecular flexibility index (Phi) is 7.17. The van der Waals surface area contributed by atoms with Gasteiger partial charge < -0.3 is 20.5 Å². The van der Waals surface area contributed by atoms with Crippen molar-refractivity contribution in [1.29, 1.82) is 0 Å². The number of nitrogens with one attached hydrogen (secondary N) is 2. The Morgan fingerprint density at radius 3 is 2.67 bits per heavy atom. The number of aromatic amines is 1. The van der Waals surface area contributed by atoms with Crippen LogP contribution in [-0.4, -0.2) is 74.9 Å². The summed E-state index contributed by atoms with van der Waals surface area (Å²) in [6, 6.07) is 9.79. The van der Waals surface area contributed by atoms with Crippen LogP contribution < -0.4 is 5.32 Å². The molecule has 0 unspecified atom stereocenters. The average Bonchev–Trinajstić information content (AvgIpc) is 3.59. The van der Waals surface area contributed by atoms with Gasteiger partial charge in [0, 0.05) is 18.2 Å². The van der Waals surface area contributed by atoms with Crippen molar-refractivity contribution >= 4 is 28.7 Å². The zero-order chi connectivity index (χ0) is 25.2. The Morgan fingerprint density at radius 1 is 1.14 bits per heavy atom. The van der Waals surface area contributed by atoms with Crippen LogP contribution in [0.15, 0.2) is 35.5 Å². The molecule has 0 spiro atoms. The van der Waals surface area contributed by atoms with E-state index in [1.54, 1.807) is 23.4 Å². The van der Waals surface area contributed by atoms with E-state index in [-0.39, 0.29) is 5.92 Å². The van der Waals surface area contributed by atoms with E-state index in [9.17, 15) is 10.2 Å². The maximum absolute atomic E-state index is 10.9. The quantitative estimate of drug-likeness (QED) is 0.196. The first-order chi connectivity index (χ1) is 17.5. The molecule has 1 aliphatic carbocycles. The molecule has 11 nitrogen and oxygen atoms in total. The number of thioether (sulfide) groups is 1. The van der Waals surface area contributed by atoms with E-state index in [1.165, 1.54) is 5.56 Å². The van der Waals surface area contributed by atoms with Crippen LogP contribution in [-0.2, 0) is 0 Å². The highest BCUT2D eigenvalue weighted by molar-refractivity contribution is 7.99. The largest absolute Gasteiger partial charge is 0.390 e. The van der Waals surface area contributed by atoms with Gasteiger partial charge >= 0.3 is 0 Å². The molecule has 5 atom stereocenters. The zero-order valence-corrected chi connectivity index (χ0v) is 21.4. The minimum Gasteiger partial charge on any atom is -0.390 e. The number of aliphatic hydroxyl groups excluding tert-OH is 2. The molecule has 1 fully saturated rings. The summed E-state index contributed by atoms with van der Waals surface area (Å²) in [5.41, 5.74) is 2.30. The zero-order valence-electron chi connectivity index (χ0n) is 20.5. The number of fused-ring (bicyclic) bond motifs is 1. The third kappa shape index (κ3) is 4.80. The Bertz CT molecular complexity index is 1310. The highest BCUT2D eigenvalue weighted by Gasteiger charge is 2.46. The van der Waals surface area contributed by atoms with E-state index in [2.05, 4.69) is 56.8 Å². The van der Waals surface area contributed by atoms with Gasteiger partial charge in [0.25, 0.3) is 0 Å². The normalized spacial score (nSPS) is 22.8. The van der Waals surface area contributed by atoms with Crippen LogP contribution in [0.25, 0.3) is 11.2 Å². The molecule has 1 saturated carbocycles. The Hall–Kier alpha value is -3.09. The second-order valence-electron chi connectivity index (χ2n) is 9.29. The topological polar surface area (TPSA) is 151 Å². The van der Waals surface area contributed by atoms with Crippen molar-refractivity contribution in [2.24, 2.45) is 0 Å². The lowest BCUT2D eigenvalue weighted by atomic mass is 10.0. The second kappa shape index (κ2) is 10.5. The van der Waals surface area contributed by atoms with Gasteiger partial charge in [-0.2, -0.15) is 0 Å². The molecule has 1 aromatic carbocycles. The molecular formula is C24H31N9O2S. The molecule has 3 heterocycles. The van der Waals surface area contributed by atoms with Gasteiger partial charge in [-0.1, -0.05) is 61.2 Å². The van der Waals surface area contributed by atoms with E-state index in [0.29, 0.717) is 46.8 Å². The minimum absolute atomic E-state index is 0.260. The highest BCUT2D eigenvalue weighted by Crippen LogP contribution is 2.41. The second-order valence-corrected chi connectivity index (χ2v) is 10.4. The first kappa shape index (κ1) is 24.6. The molecule has 36 heavy (non-hydrogen) atoms. The number of benzene rings is 1. The van der Waals surface area contributed by atoms with Crippen LogP contribution >= 0.6 is 11.8 Å². The van der Waals surface area contributed by atoms with Crippen LogP contribution in [0, 0.1) is 6.92 Å². The van der Waals surface area contributed by atoms with Crippen molar-refractivity contribution in [1.82, 2.24) is 40.1 Å². The van der Waals surface area contributed by atoms with Gasteiger partial charge in [0.05, 0.1) is 12.1 Å². The molecule has 190 valence electrons. The standard InChI is InChI=1S/C24H31N9O2S/c1-4-10-36-24-27-22(25-12-13(2)15-8-6-5-7-9-15)18-23(28-24)33(32-30-18)17-11-16(19(34)20(17)35)21-26-14(3)29-31-21/h5-9,13,16-17,19-20,34-35H,4,10-12H2,1-3H3,(H,25,27,28)(H,26,29,31)/t13-,16+,17-,19-,20+/m1/s1. The summed E-state index contributed by atoms with van der Waals surface area (Å²) >= 11 is 1.57. The Balaban J connectivity index is 1.45. The fourth-order valence-corrected chi connectivity index (χ4v) is 5.31. The summed E-state index contributed by atoms with van der Waals surface area (Å²) in [4.78, 5) is 12.6. The number of aryl methyl sites for hydroxylation is 1. The van der Waals surface area contributed by atoms with Gasteiger partial charge in [0.15, 0.2) is 22.1 Å². The molecule has 0 aliphatic heterocycles. The fourth-order valence-electron chi connectivity index (χ4n) is 4.62. The molecule has 4 aromatic rings. The van der Waals surface area contributed by atoms with E-state index in [4.69, 9.17) is 9.97 Å². The predicted octanol–water partition coefficient (Wildman–Crippen LogP) is 2.82. The van der Waals surface area contributed by atoms with E-state index in [0.717, 1.165) is 12.2 Å². The Morgan fingerprint density at radius 2 is 1.94 bits per heavy atom. The number of anilines is 1. The number of nitrogens with zero attached hydrogens (tertiary/aromatic N) is 7. The van der Waals surface area contributed by atoms with Gasteiger partial charge in [-0.15, -0.1) is 15.3 Å². The third-order valence-electron chi connectivity index (χ3n) is 6.62. The lowest BCUT2D eigenvalue weighted by Gasteiger charge is -2.17. The maximum Gasteiger partial charge on any atom is 0.191 e. The lowest BCUT2D eigenvalue weighted by molar-refractivity contribution is 0.0146. The van der Waals surface area contributed by atoms with E-state index in [1.807, 2.05) is 18.2 Å². The molecule has 0 saturated heterocycles. The van der Waals surface area contributed by atoms with E-state index < -0.39 is 24.2 Å². The van der Waals surface area contributed by atoms with Crippen LogP contribution in [0.3, 0.4) is 0 Å². The van der Waals surface area contributed by atoms with Gasteiger partial charge in [-0.25, -0.2) is 14.6 Å². The Labute approximate surface area is 213 Å². The smallest absolute Gasteiger partial charge is 0.191 e. The number of hydrogen-bond donors (Lipinski definition) is 4. The van der Waals surface area contributed by atoms with Crippen LogP contribution in [0.1, 0.15) is 61.8 Å². The SMILES string of the molecule is CCCSc1nc(NC[C@@H](C)c2ccccc2)c2nnn([C@@H]3C[C@H](c4nnc(C)[nH]4)[C@@H](O)[C@H]3O)c2n1. The number of hydrogen-bond acceptors (Lipinski definition) is 10. The average molecular weight is 510 g/mol. The van der Waals surface area contributed by atoms with Crippen LogP contribution in [0.5, 0.6) is 0 Å². The molecule has 1 aliphatic rings. The number of aliphatic hydroxyl groups is 2. The lowest BCUT2D eigenvalue weighted by Crippen LogP contribution is -2.29. The third-order valence-corrected chi connectivity index (χ3v) is 7.67. The van der Waals surface area contributed by atoms with Crippen molar-refractivity contribution in [2.45, 2.75) is 68.9 Å². The van der Waals surface area contributed by atoms with Crippen LogP contribution in [0.4, 0.5) is 5.82 Å². The summed E-state index contributed by atoms with van der Waals surface area (Å²) in [7, 11) is 0. The predicted molar refractivity (Wildman–Crippen MR) is 137 cm³/mol. The molecule has 5 rings (SSSR count). The van der Waals surface area contributed by atoms with E-state index >= 15 is 0 Å². The summed E-state index contributed by atoms with van der Waals surface area (Å²) in [5, 5.41) is 42.7. The maximum atomic E-state index is 10.9. The molecule has 0 bridgehead atoms. The van der Waals surface area contributed by atoms with Crippen molar-refractivity contribution in [2.75, 3.05) is 17.6 Å². The number of rotatable bonds is 9.